The maximum atomic E-state index is 12.9. The number of rotatable bonds is 2. The molecule has 23 heavy (non-hydrogen) atoms. The summed E-state index contributed by atoms with van der Waals surface area (Å²) in [6, 6.07) is 5.12. The zero-order valence-corrected chi connectivity index (χ0v) is 12.8. The number of likely N-dealkylation sites (N-methyl/N-ethyl adjacent to an activating group) is 1. The molecule has 1 aromatic rings. The molecule has 3 rings (SSSR count). The Bertz CT molecular complexity index is 719. The van der Waals surface area contributed by atoms with Gasteiger partial charge in [-0.15, -0.1) is 0 Å². The van der Waals surface area contributed by atoms with Crippen molar-refractivity contribution in [3.63, 3.8) is 0 Å². The van der Waals surface area contributed by atoms with Crippen molar-refractivity contribution < 1.29 is 22.7 Å². The van der Waals surface area contributed by atoms with Crippen LogP contribution in [0.2, 0.25) is 0 Å². The van der Waals surface area contributed by atoms with Crippen molar-refractivity contribution >= 4 is 5.97 Å². The van der Waals surface area contributed by atoms with Crippen molar-refractivity contribution in [3.05, 3.63) is 58.4 Å². The molecule has 0 amide bonds. The molecular formula is C17H16F3NO2. The van der Waals surface area contributed by atoms with E-state index in [9.17, 15) is 18.0 Å². The highest BCUT2D eigenvalue weighted by molar-refractivity contribution is 5.94. The highest BCUT2D eigenvalue weighted by atomic mass is 19.4. The third-order valence-corrected chi connectivity index (χ3v) is 4.23. The summed E-state index contributed by atoms with van der Waals surface area (Å²) in [4.78, 5) is 14.0. The molecule has 3 nitrogen and oxygen atoms in total. The third-order valence-electron chi connectivity index (χ3n) is 4.23. The molecule has 1 unspecified atom stereocenters. The minimum absolute atomic E-state index is 0.169. The maximum Gasteiger partial charge on any atom is 0.416 e. The molecule has 0 aromatic heterocycles. The smallest absolute Gasteiger partial charge is 0.416 e. The fraction of sp³-hybridized carbons (Fsp3) is 0.353. The lowest BCUT2D eigenvalue weighted by Crippen LogP contribution is -2.27. The summed E-state index contributed by atoms with van der Waals surface area (Å²) in [5, 5.41) is 0. The predicted octanol–water partition coefficient (Wildman–Crippen LogP) is 3.84. The molecule has 0 saturated heterocycles. The normalized spacial score (nSPS) is 21.3. The lowest BCUT2D eigenvalue weighted by molar-refractivity contribution is -0.137. The second-order valence-corrected chi connectivity index (χ2v) is 5.59. The van der Waals surface area contributed by atoms with Crippen LogP contribution in [0.1, 0.15) is 30.9 Å². The maximum absolute atomic E-state index is 12.9. The van der Waals surface area contributed by atoms with Crippen molar-refractivity contribution in [1.29, 1.82) is 0 Å². The van der Waals surface area contributed by atoms with Gasteiger partial charge in [0.05, 0.1) is 16.8 Å². The highest BCUT2D eigenvalue weighted by Gasteiger charge is 2.38. The molecule has 1 aromatic carbocycles. The van der Waals surface area contributed by atoms with Crippen molar-refractivity contribution in [2.24, 2.45) is 0 Å². The topological polar surface area (TPSA) is 29.5 Å². The number of ether oxygens (including phenoxy) is 1. The predicted molar refractivity (Wildman–Crippen MR) is 78.3 cm³/mol. The summed E-state index contributed by atoms with van der Waals surface area (Å²) in [7, 11) is 0. The average Bonchev–Trinajstić information content (AvgIpc) is 2.88. The van der Waals surface area contributed by atoms with Gasteiger partial charge in [0.1, 0.15) is 6.61 Å². The van der Waals surface area contributed by atoms with Gasteiger partial charge in [-0.3, -0.25) is 0 Å². The van der Waals surface area contributed by atoms with E-state index in [-0.39, 0.29) is 6.61 Å². The van der Waals surface area contributed by atoms with Crippen molar-refractivity contribution in [1.82, 2.24) is 4.90 Å². The van der Waals surface area contributed by atoms with Crippen LogP contribution in [0.3, 0.4) is 0 Å². The number of allylic oxidation sites excluding steroid dienone is 2. The molecule has 0 radical (unpaired) electrons. The van der Waals surface area contributed by atoms with E-state index in [1.165, 1.54) is 6.07 Å². The number of nitrogens with zero attached hydrogens (tertiary/aromatic N) is 1. The Kier molecular flexibility index (Phi) is 3.70. The first-order valence-electron chi connectivity index (χ1n) is 7.36. The quantitative estimate of drug-likeness (QED) is 0.775. The Morgan fingerprint density at radius 1 is 1.35 bits per heavy atom. The first-order valence-corrected chi connectivity index (χ1v) is 7.36. The van der Waals surface area contributed by atoms with E-state index in [1.54, 1.807) is 6.07 Å². The average molecular weight is 323 g/mol. The lowest BCUT2D eigenvalue weighted by atomic mass is 9.86. The molecule has 1 atom stereocenters. The van der Waals surface area contributed by atoms with E-state index in [1.807, 2.05) is 24.8 Å². The molecule has 0 bridgehead atoms. The second kappa shape index (κ2) is 5.44. The summed E-state index contributed by atoms with van der Waals surface area (Å²) >= 11 is 0. The Balaban J connectivity index is 2.09. The van der Waals surface area contributed by atoms with Gasteiger partial charge in [-0.05, 0) is 25.5 Å². The first kappa shape index (κ1) is 15.6. The van der Waals surface area contributed by atoms with Crippen molar-refractivity contribution in [2.45, 2.75) is 25.9 Å². The Hall–Kier alpha value is -2.24. The molecule has 122 valence electrons. The van der Waals surface area contributed by atoms with E-state index in [2.05, 4.69) is 0 Å². The van der Waals surface area contributed by atoms with Gasteiger partial charge in [0, 0.05) is 18.2 Å². The number of hydrogen-bond acceptors (Lipinski definition) is 3. The van der Waals surface area contributed by atoms with E-state index < -0.39 is 23.6 Å². The van der Waals surface area contributed by atoms with E-state index in [0.29, 0.717) is 17.7 Å². The van der Waals surface area contributed by atoms with Crippen LogP contribution in [-0.2, 0) is 15.7 Å². The molecule has 6 heteroatoms. The molecule has 0 aliphatic carbocycles. The molecule has 2 aliphatic heterocycles. The van der Waals surface area contributed by atoms with E-state index in [0.717, 1.165) is 23.5 Å². The molecular weight excluding hydrogens is 307 g/mol. The van der Waals surface area contributed by atoms with Crippen molar-refractivity contribution in [2.75, 3.05) is 13.2 Å². The van der Waals surface area contributed by atoms with Crippen LogP contribution in [0.5, 0.6) is 0 Å². The van der Waals surface area contributed by atoms with Crippen LogP contribution < -0.4 is 0 Å². The standard InChI is InChI=1S/C17H16F3NO2/c1-3-21-10(2)7-13(15-14(21)9-23-16(15)22)11-5-4-6-12(8-11)17(18,19)20/h4-8,13H,3,9H2,1-2H3. The summed E-state index contributed by atoms with van der Waals surface area (Å²) in [6.07, 6.45) is -2.59. The van der Waals surface area contributed by atoms with Crippen LogP contribution in [-0.4, -0.2) is 24.0 Å². The third kappa shape index (κ3) is 2.62. The Morgan fingerprint density at radius 2 is 2.09 bits per heavy atom. The summed E-state index contributed by atoms with van der Waals surface area (Å²) < 4.78 is 44.0. The van der Waals surface area contributed by atoms with Crippen LogP contribution in [0, 0.1) is 0 Å². The van der Waals surface area contributed by atoms with Gasteiger partial charge in [0.25, 0.3) is 0 Å². The zero-order valence-electron chi connectivity index (χ0n) is 12.8. The first-order chi connectivity index (χ1) is 10.8. The van der Waals surface area contributed by atoms with Crippen molar-refractivity contribution in [3.8, 4) is 0 Å². The van der Waals surface area contributed by atoms with Crippen LogP contribution in [0.15, 0.2) is 47.3 Å². The minimum Gasteiger partial charge on any atom is -0.456 e. The second-order valence-electron chi connectivity index (χ2n) is 5.59. The Labute approximate surface area is 132 Å². The highest BCUT2D eigenvalue weighted by Crippen LogP contribution is 2.41. The van der Waals surface area contributed by atoms with Crippen LogP contribution >= 0.6 is 0 Å². The lowest BCUT2D eigenvalue weighted by Gasteiger charge is -2.31. The van der Waals surface area contributed by atoms with Gasteiger partial charge in [-0.1, -0.05) is 24.3 Å². The van der Waals surface area contributed by atoms with Crippen LogP contribution in [0.25, 0.3) is 0 Å². The fourth-order valence-corrected chi connectivity index (χ4v) is 3.18. The van der Waals surface area contributed by atoms with E-state index >= 15 is 0 Å². The number of cyclic esters (lactones) is 1. The minimum atomic E-state index is -4.41. The molecule has 0 fully saturated rings. The number of carbonyl (C=O) groups is 1. The summed E-state index contributed by atoms with van der Waals surface area (Å²) in [6.45, 7) is 4.68. The van der Waals surface area contributed by atoms with Gasteiger partial charge < -0.3 is 9.64 Å². The number of carbonyl (C=O) groups excluding carboxylic acids is 1. The number of halogens is 3. The van der Waals surface area contributed by atoms with Gasteiger partial charge in [-0.2, -0.15) is 13.2 Å². The number of alkyl halides is 3. The molecule has 0 spiro atoms. The zero-order chi connectivity index (χ0) is 16.8. The van der Waals surface area contributed by atoms with E-state index in [4.69, 9.17) is 4.74 Å². The van der Waals surface area contributed by atoms with Gasteiger partial charge in [0.2, 0.25) is 0 Å². The SMILES string of the molecule is CCN1C(C)=CC(c2cccc(C(F)(F)F)c2)C2=C1COC2=O. The van der Waals surface area contributed by atoms with Crippen LogP contribution in [0.4, 0.5) is 13.2 Å². The Morgan fingerprint density at radius 3 is 2.74 bits per heavy atom. The number of benzene rings is 1. The molecule has 0 N–H and O–H groups in total. The summed E-state index contributed by atoms with van der Waals surface area (Å²) in [5.41, 5.74) is 1.83. The largest absolute Gasteiger partial charge is 0.456 e. The molecule has 2 aliphatic rings. The number of esters is 1. The number of hydrogen-bond donors (Lipinski definition) is 0. The fourth-order valence-electron chi connectivity index (χ4n) is 3.18. The van der Waals surface area contributed by atoms with Gasteiger partial charge >= 0.3 is 12.1 Å². The van der Waals surface area contributed by atoms with Gasteiger partial charge in [0.15, 0.2) is 0 Å². The monoisotopic (exact) mass is 323 g/mol. The molecule has 0 saturated carbocycles. The summed E-state index contributed by atoms with van der Waals surface area (Å²) in [5.74, 6) is -0.963. The molecule has 2 heterocycles. The van der Waals surface area contributed by atoms with Gasteiger partial charge in [-0.25, -0.2) is 4.79 Å².